The van der Waals surface area contributed by atoms with Gasteiger partial charge in [-0.2, -0.15) is 26.3 Å². The highest BCUT2D eigenvalue weighted by molar-refractivity contribution is 6.06. The number of nitrogens with zero attached hydrogens (tertiary/aromatic N) is 1. The Balaban J connectivity index is 2.34. The lowest BCUT2D eigenvalue weighted by Gasteiger charge is -2.16. The van der Waals surface area contributed by atoms with Gasteiger partial charge in [0.1, 0.15) is 0 Å². The molecular weight excluding hydrogens is 340 g/mol. The standard InChI is InChI=1S/C14H9F6N3O/c15-13(16,17)4-5-1-8(21)6-2-9-7(3-10(24)23-9)11(12(6)22-5)14(18,19)20/h1-2H,3-4H2,(H2,21,22)(H,23,24). The van der Waals surface area contributed by atoms with Crippen molar-refractivity contribution in [3.63, 3.8) is 0 Å². The van der Waals surface area contributed by atoms with Crippen molar-refractivity contribution in [2.24, 2.45) is 0 Å². The van der Waals surface area contributed by atoms with Crippen LogP contribution in [0.4, 0.5) is 37.7 Å². The number of fused-ring (bicyclic) bond motifs is 2. The Hall–Kier alpha value is -2.52. The van der Waals surface area contributed by atoms with Crippen LogP contribution >= 0.6 is 0 Å². The summed E-state index contributed by atoms with van der Waals surface area (Å²) in [6, 6.07) is 2.09. The van der Waals surface area contributed by atoms with Gasteiger partial charge in [0.05, 0.1) is 29.6 Å². The molecule has 0 bridgehead atoms. The van der Waals surface area contributed by atoms with E-state index in [2.05, 4.69) is 10.3 Å². The van der Waals surface area contributed by atoms with E-state index in [9.17, 15) is 31.1 Å². The van der Waals surface area contributed by atoms with E-state index in [0.717, 1.165) is 6.07 Å². The maximum absolute atomic E-state index is 13.5. The molecule has 1 aromatic heterocycles. The Labute approximate surface area is 130 Å². The number of benzene rings is 1. The van der Waals surface area contributed by atoms with E-state index in [0.29, 0.717) is 0 Å². The molecule has 24 heavy (non-hydrogen) atoms. The third kappa shape index (κ3) is 2.83. The number of nitrogens with two attached hydrogens (primary N) is 1. The second-order valence-corrected chi connectivity index (χ2v) is 5.39. The van der Waals surface area contributed by atoms with Crippen molar-refractivity contribution in [1.29, 1.82) is 0 Å². The molecule has 3 rings (SSSR count). The fraction of sp³-hybridized carbons (Fsp3) is 0.286. The Morgan fingerprint density at radius 1 is 1.17 bits per heavy atom. The largest absolute Gasteiger partial charge is 0.418 e. The highest BCUT2D eigenvalue weighted by Crippen LogP contribution is 2.43. The van der Waals surface area contributed by atoms with Crippen LogP contribution in [0.15, 0.2) is 12.1 Å². The van der Waals surface area contributed by atoms with Gasteiger partial charge in [0, 0.05) is 16.8 Å². The van der Waals surface area contributed by atoms with Gasteiger partial charge >= 0.3 is 12.4 Å². The SMILES string of the molecule is Nc1cc(CC(F)(F)F)nc2c(C(F)(F)F)c3c(cc12)NC(=O)C3. The van der Waals surface area contributed by atoms with E-state index in [1.807, 2.05) is 0 Å². The van der Waals surface area contributed by atoms with Crippen LogP contribution in [-0.4, -0.2) is 17.1 Å². The number of carbonyl (C=O) groups excluding carboxylic acids is 1. The van der Waals surface area contributed by atoms with E-state index >= 15 is 0 Å². The molecule has 0 saturated carbocycles. The number of amides is 1. The van der Waals surface area contributed by atoms with Gasteiger partial charge in [-0.1, -0.05) is 0 Å². The van der Waals surface area contributed by atoms with Crippen molar-refractivity contribution in [3.8, 4) is 0 Å². The molecule has 0 fully saturated rings. The third-order valence-electron chi connectivity index (χ3n) is 3.57. The molecule has 1 aromatic carbocycles. The van der Waals surface area contributed by atoms with Gasteiger partial charge in [-0.15, -0.1) is 0 Å². The summed E-state index contributed by atoms with van der Waals surface area (Å²) in [6.45, 7) is 0. The van der Waals surface area contributed by atoms with Gasteiger partial charge in [0.25, 0.3) is 0 Å². The Morgan fingerprint density at radius 2 is 1.83 bits per heavy atom. The first kappa shape index (κ1) is 16.3. The van der Waals surface area contributed by atoms with Gasteiger partial charge in [0.2, 0.25) is 5.91 Å². The highest BCUT2D eigenvalue weighted by Gasteiger charge is 2.40. The highest BCUT2D eigenvalue weighted by atomic mass is 19.4. The monoisotopic (exact) mass is 349 g/mol. The number of alkyl halides is 6. The van der Waals surface area contributed by atoms with Crippen LogP contribution in [0.1, 0.15) is 16.8 Å². The van der Waals surface area contributed by atoms with Crippen LogP contribution in [0.5, 0.6) is 0 Å². The molecule has 2 heterocycles. The van der Waals surface area contributed by atoms with Crippen molar-refractivity contribution in [1.82, 2.24) is 4.98 Å². The predicted molar refractivity (Wildman–Crippen MR) is 73.3 cm³/mol. The maximum Gasteiger partial charge on any atom is 0.418 e. The molecule has 0 saturated heterocycles. The van der Waals surface area contributed by atoms with Crippen molar-refractivity contribution < 1.29 is 31.1 Å². The normalized spacial score (nSPS) is 14.8. The fourth-order valence-electron chi connectivity index (χ4n) is 2.73. The van der Waals surface area contributed by atoms with Crippen LogP contribution < -0.4 is 11.1 Å². The molecule has 0 spiro atoms. The molecule has 4 nitrogen and oxygen atoms in total. The zero-order valence-corrected chi connectivity index (χ0v) is 11.8. The lowest BCUT2D eigenvalue weighted by Crippen LogP contribution is -2.15. The van der Waals surface area contributed by atoms with Gasteiger partial charge < -0.3 is 11.1 Å². The van der Waals surface area contributed by atoms with E-state index < -0.39 is 47.9 Å². The van der Waals surface area contributed by atoms with Gasteiger partial charge in [-0.05, 0) is 17.7 Å². The Kier molecular flexibility index (Phi) is 3.40. The van der Waals surface area contributed by atoms with E-state index in [1.165, 1.54) is 6.07 Å². The second kappa shape index (κ2) is 4.99. The minimum absolute atomic E-state index is 0.0584. The number of carbonyl (C=O) groups is 1. The van der Waals surface area contributed by atoms with Crippen LogP contribution in [0, 0.1) is 0 Å². The number of hydrogen-bond acceptors (Lipinski definition) is 3. The number of aromatic nitrogens is 1. The molecule has 128 valence electrons. The number of nitrogens with one attached hydrogen (secondary N) is 1. The van der Waals surface area contributed by atoms with Crippen molar-refractivity contribution in [2.75, 3.05) is 11.1 Å². The van der Waals surface area contributed by atoms with Crippen LogP contribution in [0.3, 0.4) is 0 Å². The lowest BCUT2D eigenvalue weighted by atomic mass is 9.98. The zero-order chi connectivity index (χ0) is 17.9. The summed E-state index contributed by atoms with van der Waals surface area (Å²) in [5, 5.41) is 2.12. The first-order chi connectivity index (χ1) is 11.0. The van der Waals surface area contributed by atoms with E-state index in [-0.39, 0.29) is 22.3 Å². The van der Waals surface area contributed by atoms with Gasteiger partial charge in [-0.3, -0.25) is 9.78 Å². The summed E-state index contributed by atoms with van der Waals surface area (Å²) >= 11 is 0. The molecule has 3 N–H and O–H groups in total. The smallest absolute Gasteiger partial charge is 0.398 e. The first-order valence-electron chi connectivity index (χ1n) is 6.64. The maximum atomic E-state index is 13.5. The molecule has 1 aliphatic heterocycles. The average Bonchev–Trinajstić information content (AvgIpc) is 2.72. The summed E-state index contributed by atoms with van der Waals surface area (Å²) in [7, 11) is 0. The zero-order valence-electron chi connectivity index (χ0n) is 11.8. The number of rotatable bonds is 1. The number of anilines is 2. The lowest BCUT2D eigenvalue weighted by molar-refractivity contribution is -0.136. The van der Waals surface area contributed by atoms with Crippen molar-refractivity contribution in [2.45, 2.75) is 25.2 Å². The third-order valence-corrected chi connectivity index (χ3v) is 3.57. The summed E-state index contributed by atoms with van der Waals surface area (Å²) < 4.78 is 77.9. The Bertz CT molecular complexity index is 856. The summed E-state index contributed by atoms with van der Waals surface area (Å²) in [4.78, 5) is 14.9. The predicted octanol–water partition coefficient (Wildman–Crippen LogP) is 3.44. The summed E-state index contributed by atoms with van der Waals surface area (Å²) in [5.74, 6) is -0.639. The Morgan fingerprint density at radius 3 is 2.42 bits per heavy atom. The topological polar surface area (TPSA) is 68.0 Å². The van der Waals surface area contributed by atoms with Gasteiger partial charge in [0.15, 0.2) is 0 Å². The molecule has 0 atom stereocenters. The molecule has 0 aliphatic carbocycles. The number of hydrogen-bond donors (Lipinski definition) is 2. The van der Waals surface area contributed by atoms with Gasteiger partial charge in [-0.25, -0.2) is 0 Å². The molecule has 1 amide bonds. The number of nitrogen functional groups attached to an aromatic ring is 1. The van der Waals surface area contributed by atoms with E-state index in [4.69, 9.17) is 5.73 Å². The average molecular weight is 349 g/mol. The van der Waals surface area contributed by atoms with E-state index in [1.54, 1.807) is 0 Å². The number of pyridine rings is 1. The van der Waals surface area contributed by atoms with Crippen LogP contribution in [0.25, 0.3) is 10.9 Å². The van der Waals surface area contributed by atoms with Crippen LogP contribution in [0.2, 0.25) is 0 Å². The molecule has 0 radical (unpaired) electrons. The summed E-state index contributed by atoms with van der Waals surface area (Å²) in [5.41, 5.74) is 2.43. The molecular formula is C14H9F6N3O. The first-order valence-corrected chi connectivity index (χ1v) is 6.64. The molecule has 0 unspecified atom stereocenters. The van der Waals surface area contributed by atoms with Crippen molar-refractivity contribution in [3.05, 3.63) is 29.0 Å². The van der Waals surface area contributed by atoms with Crippen LogP contribution in [-0.2, 0) is 23.8 Å². The molecule has 10 heteroatoms. The second-order valence-electron chi connectivity index (χ2n) is 5.39. The fourth-order valence-corrected chi connectivity index (χ4v) is 2.73. The minimum atomic E-state index is -4.90. The molecule has 1 aliphatic rings. The minimum Gasteiger partial charge on any atom is -0.398 e. The molecule has 2 aromatic rings. The quantitative estimate of drug-likeness (QED) is 0.775. The van der Waals surface area contributed by atoms with Crippen molar-refractivity contribution >= 4 is 28.2 Å². The summed E-state index contributed by atoms with van der Waals surface area (Å²) in [6.07, 6.45) is -11.6. The number of halogens is 6.